The fourth-order valence-electron chi connectivity index (χ4n) is 2.59. The van der Waals surface area contributed by atoms with E-state index in [9.17, 15) is 9.59 Å². The number of amides is 1. The van der Waals surface area contributed by atoms with Crippen LogP contribution in [0.5, 0.6) is 0 Å². The minimum atomic E-state index is -0.443. The Bertz CT molecular complexity index is 900. The number of esters is 1. The van der Waals surface area contributed by atoms with E-state index in [-0.39, 0.29) is 18.4 Å². The van der Waals surface area contributed by atoms with Crippen molar-refractivity contribution in [3.63, 3.8) is 0 Å². The van der Waals surface area contributed by atoms with Gasteiger partial charge in [0.1, 0.15) is 10.9 Å². The highest BCUT2D eigenvalue weighted by atomic mass is 32.2. The van der Waals surface area contributed by atoms with Crippen LogP contribution in [0.2, 0.25) is 0 Å². The zero-order chi connectivity index (χ0) is 18.7. The van der Waals surface area contributed by atoms with Crippen molar-refractivity contribution in [2.24, 2.45) is 5.92 Å². The molecule has 4 nitrogen and oxygen atoms in total. The predicted molar refractivity (Wildman–Crippen MR) is 110 cm³/mol. The number of fused-ring (bicyclic) bond motifs is 1. The second-order valence-corrected chi connectivity index (χ2v) is 8.09. The Morgan fingerprint density at radius 1 is 1.23 bits per heavy atom. The van der Waals surface area contributed by atoms with E-state index in [0.29, 0.717) is 15.8 Å². The molecule has 0 spiro atoms. The molecule has 0 bridgehead atoms. The van der Waals surface area contributed by atoms with Crippen molar-refractivity contribution < 1.29 is 14.3 Å². The van der Waals surface area contributed by atoms with Gasteiger partial charge in [0.2, 0.25) is 0 Å². The van der Waals surface area contributed by atoms with Crippen LogP contribution in [-0.4, -0.2) is 34.2 Å². The van der Waals surface area contributed by atoms with Crippen LogP contribution in [0.1, 0.15) is 19.4 Å². The number of ether oxygens (including phenoxy) is 1. The van der Waals surface area contributed by atoms with E-state index in [0.717, 1.165) is 16.3 Å². The average Bonchev–Trinajstić information content (AvgIpc) is 2.88. The molecule has 1 amide bonds. The maximum Gasteiger partial charge on any atom is 0.326 e. The third-order valence-electron chi connectivity index (χ3n) is 3.85. The molecule has 134 valence electrons. The fraction of sp³-hybridized carbons (Fsp3) is 0.250. The molecule has 3 rings (SSSR count). The quantitative estimate of drug-likeness (QED) is 0.438. The van der Waals surface area contributed by atoms with Crippen LogP contribution < -0.4 is 0 Å². The molecule has 26 heavy (non-hydrogen) atoms. The third kappa shape index (κ3) is 4.14. The van der Waals surface area contributed by atoms with E-state index in [1.165, 1.54) is 16.7 Å². The molecule has 2 aromatic rings. The van der Waals surface area contributed by atoms with Crippen LogP contribution in [0.25, 0.3) is 16.8 Å². The number of thioether (sulfide) groups is 1. The van der Waals surface area contributed by atoms with Crippen molar-refractivity contribution >= 4 is 57.0 Å². The van der Waals surface area contributed by atoms with Crippen molar-refractivity contribution in [1.29, 1.82) is 0 Å². The van der Waals surface area contributed by atoms with Gasteiger partial charge in [-0.15, -0.1) is 0 Å². The van der Waals surface area contributed by atoms with E-state index in [1.807, 2.05) is 62.4 Å². The summed E-state index contributed by atoms with van der Waals surface area (Å²) in [5, 5.41) is 2.17. The zero-order valence-corrected chi connectivity index (χ0v) is 16.2. The first kappa shape index (κ1) is 18.6. The number of benzene rings is 2. The Labute approximate surface area is 162 Å². The second-order valence-electron chi connectivity index (χ2n) is 6.41. The third-order valence-corrected chi connectivity index (χ3v) is 5.23. The molecule has 0 aliphatic carbocycles. The second kappa shape index (κ2) is 8.01. The summed E-state index contributed by atoms with van der Waals surface area (Å²) < 4.78 is 5.53. The number of carbonyl (C=O) groups is 2. The van der Waals surface area contributed by atoms with Gasteiger partial charge in [-0.2, -0.15) is 0 Å². The smallest absolute Gasteiger partial charge is 0.326 e. The van der Waals surface area contributed by atoms with Crippen molar-refractivity contribution in [2.45, 2.75) is 13.8 Å². The van der Waals surface area contributed by atoms with Gasteiger partial charge in [-0.3, -0.25) is 14.5 Å². The highest BCUT2D eigenvalue weighted by molar-refractivity contribution is 8.26. The number of rotatable bonds is 5. The summed E-state index contributed by atoms with van der Waals surface area (Å²) >= 11 is 6.49. The van der Waals surface area contributed by atoms with E-state index < -0.39 is 5.97 Å². The highest BCUT2D eigenvalue weighted by Crippen LogP contribution is 2.33. The molecule has 1 fully saturated rings. The summed E-state index contributed by atoms with van der Waals surface area (Å²) in [5.41, 5.74) is 0.950. The number of nitrogens with zero attached hydrogens (tertiary/aromatic N) is 1. The molecule has 1 aliphatic rings. The molecule has 2 aromatic carbocycles. The summed E-state index contributed by atoms with van der Waals surface area (Å²) in [6.45, 7) is 4.10. The van der Waals surface area contributed by atoms with Gasteiger partial charge in [-0.05, 0) is 28.3 Å². The molecule has 0 aromatic heterocycles. The maximum atomic E-state index is 12.7. The van der Waals surface area contributed by atoms with Crippen LogP contribution in [0.3, 0.4) is 0 Å². The predicted octanol–water partition coefficient (Wildman–Crippen LogP) is 4.24. The standard InChI is InChI=1S/C20H19NO3S2/c1-13(2)12-24-18(22)11-21-19(23)17(26-20(21)25)10-15-8-5-7-14-6-3-4-9-16(14)15/h3-10,13H,11-12H2,1-2H3/b17-10-. The van der Waals surface area contributed by atoms with Gasteiger partial charge in [-0.25, -0.2) is 0 Å². The summed E-state index contributed by atoms with van der Waals surface area (Å²) in [7, 11) is 0. The van der Waals surface area contributed by atoms with E-state index >= 15 is 0 Å². The van der Waals surface area contributed by atoms with Crippen molar-refractivity contribution in [2.75, 3.05) is 13.2 Å². The van der Waals surface area contributed by atoms with Gasteiger partial charge < -0.3 is 4.74 Å². The molecule has 1 aliphatic heterocycles. The van der Waals surface area contributed by atoms with Crippen molar-refractivity contribution in [3.05, 3.63) is 52.9 Å². The molecule has 0 radical (unpaired) electrons. The van der Waals surface area contributed by atoms with Crippen LogP contribution in [0, 0.1) is 5.92 Å². The molecule has 0 atom stereocenters. The first-order valence-electron chi connectivity index (χ1n) is 8.34. The van der Waals surface area contributed by atoms with Crippen LogP contribution in [0.4, 0.5) is 0 Å². The normalized spacial score (nSPS) is 16.1. The lowest BCUT2D eigenvalue weighted by molar-refractivity contribution is -0.147. The first-order valence-corrected chi connectivity index (χ1v) is 9.57. The van der Waals surface area contributed by atoms with Gasteiger partial charge in [0.15, 0.2) is 0 Å². The van der Waals surface area contributed by atoms with Crippen molar-refractivity contribution in [3.8, 4) is 0 Å². The molecule has 1 heterocycles. The van der Waals surface area contributed by atoms with E-state index in [1.54, 1.807) is 0 Å². The van der Waals surface area contributed by atoms with Gasteiger partial charge >= 0.3 is 5.97 Å². The zero-order valence-electron chi connectivity index (χ0n) is 14.6. The van der Waals surface area contributed by atoms with Gasteiger partial charge in [0.25, 0.3) is 5.91 Å². The number of thiocarbonyl (C=S) groups is 1. The lowest BCUT2D eigenvalue weighted by Crippen LogP contribution is -2.34. The molecule has 0 saturated carbocycles. The fourth-order valence-corrected chi connectivity index (χ4v) is 3.83. The van der Waals surface area contributed by atoms with Crippen LogP contribution >= 0.6 is 24.0 Å². The SMILES string of the molecule is CC(C)COC(=O)CN1C(=O)/C(=C/c2cccc3ccccc23)SC1=S. The molecule has 0 N–H and O–H groups in total. The van der Waals surface area contributed by atoms with Crippen LogP contribution in [-0.2, 0) is 14.3 Å². The minimum Gasteiger partial charge on any atom is -0.464 e. The molecule has 1 saturated heterocycles. The van der Waals surface area contributed by atoms with Crippen molar-refractivity contribution in [1.82, 2.24) is 4.90 Å². The Balaban J connectivity index is 1.80. The van der Waals surface area contributed by atoms with E-state index in [2.05, 4.69) is 0 Å². The highest BCUT2D eigenvalue weighted by Gasteiger charge is 2.33. The molecular formula is C20H19NO3S2. The summed E-state index contributed by atoms with van der Waals surface area (Å²) in [5.74, 6) is -0.452. The number of hydrogen-bond donors (Lipinski definition) is 0. The van der Waals surface area contributed by atoms with Gasteiger partial charge in [-0.1, -0.05) is 80.3 Å². The Morgan fingerprint density at radius 3 is 2.73 bits per heavy atom. The van der Waals surface area contributed by atoms with Gasteiger partial charge in [0.05, 0.1) is 11.5 Å². The van der Waals surface area contributed by atoms with Crippen LogP contribution in [0.15, 0.2) is 47.4 Å². The number of carbonyl (C=O) groups excluding carboxylic acids is 2. The largest absolute Gasteiger partial charge is 0.464 e. The lowest BCUT2D eigenvalue weighted by Gasteiger charge is -2.14. The molecule has 6 heteroatoms. The number of hydrogen-bond acceptors (Lipinski definition) is 5. The summed E-state index contributed by atoms with van der Waals surface area (Å²) in [6, 6.07) is 13.9. The van der Waals surface area contributed by atoms with E-state index in [4.69, 9.17) is 17.0 Å². The minimum absolute atomic E-state index is 0.149. The monoisotopic (exact) mass is 385 g/mol. The van der Waals surface area contributed by atoms with Gasteiger partial charge in [0, 0.05) is 0 Å². The summed E-state index contributed by atoms with van der Waals surface area (Å²) in [4.78, 5) is 26.4. The lowest BCUT2D eigenvalue weighted by atomic mass is 10.0. The maximum absolute atomic E-state index is 12.7. The summed E-state index contributed by atoms with van der Waals surface area (Å²) in [6.07, 6.45) is 1.83. The molecule has 0 unspecified atom stereocenters. The Kier molecular flexibility index (Phi) is 5.74. The topological polar surface area (TPSA) is 46.6 Å². The Morgan fingerprint density at radius 2 is 1.96 bits per heavy atom. The first-order chi connectivity index (χ1) is 12.5. The average molecular weight is 386 g/mol. The molecular weight excluding hydrogens is 366 g/mol. The Hall–Kier alpha value is -2.18.